The second-order valence-electron chi connectivity index (χ2n) is 4.76. The van der Waals surface area contributed by atoms with E-state index in [1.54, 1.807) is 48.0 Å². The monoisotopic (exact) mass is 299 g/mol. The lowest BCUT2D eigenvalue weighted by molar-refractivity contribution is 0.0950. The van der Waals surface area contributed by atoms with Crippen LogP contribution >= 0.6 is 0 Å². The number of carbonyl (C=O) groups excluding carboxylic acids is 1. The summed E-state index contributed by atoms with van der Waals surface area (Å²) in [5.74, 6) is 0.156. The topological polar surface area (TPSA) is 55.6 Å². The van der Waals surface area contributed by atoms with E-state index in [2.05, 4.69) is 10.3 Å². The lowest BCUT2D eigenvalue weighted by Crippen LogP contribution is -2.22. The van der Waals surface area contributed by atoms with E-state index in [0.717, 1.165) is 0 Å². The molecule has 3 aromatic rings. The molecule has 0 unspecified atom stereocenters. The quantitative estimate of drug-likeness (QED) is 0.805. The summed E-state index contributed by atoms with van der Waals surface area (Å²) >= 11 is 0. The van der Waals surface area contributed by atoms with Gasteiger partial charge in [0.25, 0.3) is 5.91 Å². The molecule has 3 rings (SSSR count). The third kappa shape index (κ3) is 2.90. The van der Waals surface area contributed by atoms with Gasteiger partial charge in [-0.25, -0.2) is 9.37 Å². The second kappa shape index (κ2) is 5.85. The zero-order valence-corrected chi connectivity index (χ0v) is 11.9. The Hall–Kier alpha value is -2.89. The summed E-state index contributed by atoms with van der Waals surface area (Å²) in [4.78, 5) is 16.3. The Balaban J connectivity index is 1.68. The first kappa shape index (κ1) is 14.1. The van der Waals surface area contributed by atoms with Crippen LogP contribution in [0.4, 0.5) is 4.39 Å². The van der Waals surface area contributed by atoms with Gasteiger partial charge in [0.1, 0.15) is 17.2 Å². The van der Waals surface area contributed by atoms with Gasteiger partial charge in [-0.15, -0.1) is 0 Å². The highest BCUT2D eigenvalue weighted by molar-refractivity contribution is 5.94. The number of amides is 1. The first-order valence-electron chi connectivity index (χ1n) is 6.71. The number of pyridine rings is 1. The van der Waals surface area contributed by atoms with Crippen LogP contribution < -0.4 is 10.1 Å². The third-order valence-corrected chi connectivity index (χ3v) is 3.25. The molecule has 2 aromatic heterocycles. The molecular formula is C16H14FN3O2. The minimum Gasteiger partial charge on any atom is -0.497 e. The van der Waals surface area contributed by atoms with Crippen LogP contribution in [0, 0.1) is 5.82 Å². The first-order chi connectivity index (χ1) is 10.7. The number of hydrogen-bond donors (Lipinski definition) is 1. The average Bonchev–Trinajstić information content (AvgIpc) is 2.94. The van der Waals surface area contributed by atoms with Crippen molar-refractivity contribution >= 4 is 11.6 Å². The predicted octanol–water partition coefficient (Wildman–Crippen LogP) is 2.41. The molecule has 0 aliphatic carbocycles. The van der Waals surface area contributed by atoms with E-state index >= 15 is 0 Å². The molecule has 0 spiro atoms. The fraction of sp³-hybridized carbons (Fsp3) is 0.125. The lowest BCUT2D eigenvalue weighted by atomic mass is 10.2. The smallest absolute Gasteiger partial charge is 0.251 e. The van der Waals surface area contributed by atoms with Gasteiger partial charge < -0.3 is 14.5 Å². The summed E-state index contributed by atoms with van der Waals surface area (Å²) in [6.07, 6.45) is 3.03. The number of halogens is 1. The largest absolute Gasteiger partial charge is 0.497 e. The molecule has 0 bridgehead atoms. The molecule has 0 radical (unpaired) electrons. The summed E-state index contributed by atoms with van der Waals surface area (Å²) in [7, 11) is 1.57. The van der Waals surface area contributed by atoms with Gasteiger partial charge in [-0.3, -0.25) is 4.79 Å². The van der Waals surface area contributed by atoms with E-state index in [0.29, 0.717) is 22.7 Å². The molecule has 1 amide bonds. The normalized spacial score (nSPS) is 10.6. The number of aromatic nitrogens is 2. The Morgan fingerprint density at radius 3 is 2.73 bits per heavy atom. The minimum absolute atomic E-state index is 0.203. The molecule has 6 heteroatoms. The molecule has 2 heterocycles. The molecule has 112 valence electrons. The summed E-state index contributed by atoms with van der Waals surface area (Å²) in [5.41, 5.74) is 1.83. The van der Waals surface area contributed by atoms with Crippen LogP contribution in [0.5, 0.6) is 5.75 Å². The number of benzene rings is 1. The average molecular weight is 299 g/mol. The number of imidazole rings is 1. The van der Waals surface area contributed by atoms with Gasteiger partial charge in [0, 0.05) is 18.0 Å². The van der Waals surface area contributed by atoms with Crippen LogP contribution in [0.2, 0.25) is 0 Å². The van der Waals surface area contributed by atoms with Gasteiger partial charge in [-0.2, -0.15) is 0 Å². The molecule has 0 saturated carbocycles. The Labute approximate surface area is 126 Å². The van der Waals surface area contributed by atoms with E-state index in [1.165, 1.54) is 12.3 Å². The van der Waals surface area contributed by atoms with Crippen molar-refractivity contribution in [1.82, 2.24) is 14.7 Å². The van der Waals surface area contributed by atoms with Crippen LogP contribution in [0.15, 0.2) is 48.8 Å². The van der Waals surface area contributed by atoms with Crippen molar-refractivity contribution in [2.45, 2.75) is 6.54 Å². The Kier molecular flexibility index (Phi) is 3.74. The predicted molar refractivity (Wildman–Crippen MR) is 79.3 cm³/mol. The fourth-order valence-electron chi connectivity index (χ4n) is 2.12. The van der Waals surface area contributed by atoms with Crippen LogP contribution in [0.25, 0.3) is 5.65 Å². The molecule has 0 aliphatic heterocycles. The van der Waals surface area contributed by atoms with E-state index in [1.807, 2.05) is 0 Å². The number of nitrogens with one attached hydrogen (secondary N) is 1. The summed E-state index contributed by atoms with van der Waals surface area (Å²) in [5, 5.41) is 2.78. The van der Waals surface area contributed by atoms with Gasteiger partial charge in [0.15, 0.2) is 0 Å². The SMILES string of the molecule is COc1ccc(C(=O)NCc2cn3cc(F)ccc3n2)cc1. The lowest BCUT2D eigenvalue weighted by Gasteiger charge is -2.04. The maximum absolute atomic E-state index is 13.1. The number of fused-ring (bicyclic) bond motifs is 1. The van der Waals surface area contributed by atoms with Crippen LogP contribution in [0.3, 0.4) is 0 Å². The molecule has 5 nitrogen and oxygen atoms in total. The molecule has 0 fully saturated rings. The molecular weight excluding hydrogens is 285 g/mol. The van der Waals surface area contributed by atoms with E-state index < -0.39 is 0 Å². The molecule has 1 aromatic carbocycles. The number of rotatable bonds is 4. The number of ether oxygens (including phenoxy) is 1. The van der Waals surface area contributed by atoms with Gasteiger partial charge in [-0.05, 0) is 36.4 Å². The van der Waals surface area contributed by atoms with Gasteiger partial charge in [-0.1, -0.05) is 0 Å². The molecule has 0 atom stereocenters. The Morgan fingerprint density at radius 2 is 2.00 bits per heavy atom. The van der Waals surface area contributed by atoms with Crippen molar-refractivity contribution in [3.05, 3.63) is 65.9 Å². The Morgan fingerprint density at radius 1 is 1.23 bits per heavy atom. The van der Waals surface area contributed by atoms with Crippen molar-refractivity contribution in [3.8, 4) is 5.75 Å². The maximum atomic E-state index is 13.1. The van der Waals surface area contributed by atoms with E-state index in [-0.39, 0.29) is 18.3 Å². The van der Waals surface area contributed by atoms with Crippen LogP contribution in [-0.4, -0.2) is 22.4 Å². The molecule has 0 aliphatic rings. The first-order valence-corrected chi connectivity index (χ1v) is 6.71. The van der Waals surface area contributed by atoms with Crippen LogP contribution in [0.1, 0.15) is 16.1 Å². The molecule has 22 heavy (non-hydrogen) atoms. The van der Waals surface area contributed by atoms with Crippen molar-refractivity contribution in [1.29, 1.82) is 0 Å². The maximum Gasteiger partial charge on any atom is 0.251 e. The van der Waals surface area contributed by atoms with Crippen LogP contribution in [-0.2, 0) is 6.54 Å². The van der Waals surface area contributed by atoms with Crippen molar-refractivity contribution < 1.29 is 13.9 Å². The van der Waals surface area contributed by atoms with Crippen molar-refractivity contribution in [3.63, 3.8) is 0 Å². The zero-order chi connectivity index (χ0) is 15.5. The number of carbonyl (C=O) groups is 1. The van der Waals surface area contributed by atoms with E-state index in [4.69, 9.17) is 4.74 Å². The van der Waals surface area contributed by atoms with Gasteiger partial charge >= 0.3 is 0 Å². The summed E-state index contributed by atoms with van der Waals surface area (Å²) in [6.45, 7) is 0.272. The molecule has 1 N–H and O–H groups in total. The van der Waals surface area contributed by atoms with Gasteiger partial charge in [0.05, 0.1) is 19.3 Å². The molecule has 0 saturated heterocycles. The standard InChI is InChI=1S/C16H14FN3O2/c1-22-14-5-2-11(3-6-14)16(21)18-8-13-10-20-9-12(17)4-7-15(20)19-13/h2-7,9-10H,8H2,1H3,(H,18,21). The zero-order valence-electron chi connectivity index (χ0n) is 11.9. The number of nitrogens with zero attached hydrogens (tertiary/aromatic N) is 2. The highest BCUT2D eigenvalue weighted by Gasteiger charge is 2.07. The third-order valence-electron chi connectivity index (χ3n) is 3.25. The van der Waals surface area contributed by atoms with Crippen molar-refractivity contribution in [2.24, 2.45) is 0 Å². The summed E-state index contributed by atoms with van der Waals surface area (Å²) in [6, 6.07) is 9.76. The Bertz CT molecular complexity index is 812. The highest BCUT2D eigenvalue weighted by atomic mass is 19.1. The van der Waals surface area contributed by atoms with E-state index in [9.17, 15) is 9.18 Å². The highest BCUT2D eigenvalue weighted by Crippen LogP contribution is 2.11. The fourth-order valence-corrected chi connectivity index (χ4v) is 2.12. The van der Waals surface area contributed by atoms with Gasteiger partial charge in [0.2, 0.25) is 0 Å². The number of hydrogen-bond acceptors (Lipinski definition) is 3. The van der Waals surface area contributed by atoms with Crippen molar-refractivity contribution in [2.75, 3.05) is 7.11 Å². The minimum atomic E-state index is -0.335. The number of methoxy groups -OCH3 is 1. The second-order valence-corrected chi connectivity index (χ2v) is 4.76. The summed E-state index contributed by atoms with van der Waals surface area (Å²) < 4.78 is 19.7.